The molecule has 0 fully saturated rings. The van der Waals surface area contributed by atoms with Crippen molar-refractivity contribution in [2.75, 3.05) is 12.0 Å². The Morgan fingerprint density at radius 3 is 2.64 bits per heavy atom. The number of halogens is 1. The van der Waals surface area contributed by atoms with Crippen LogP contribution in [0.5, 0.6) is 11.5 Å². The number of ether oxygens (including phenoxy) is 2. The van der Waals surface area contributed by atoms with E-state index in [1.807, 2.05) is 37.3 Å². The van der Waals surface area contributed by atoms with Crippen LogP contribution in [0.3, 0.4) is 0 Å². The van der Waals surface area contributed by atoms with Crippen LogP contribution in [0.1, 0.15) is 25.0 Å². The van der Waals surface area contributed by atoms with Gasteiger partial charge in [-0.3, -0.25) is 0 Å². The topological polar surface area (TPSA) is 60.7 Å². The summed E-state index contributed by atoms with van der Waals surface area (Å²) < 4.78 is 15.3. The molecule has 0 radical (unpaired) electrons. The number of aryl methyl sites for hydroxylation is 1. The first-order valence-corrected chi connectivity index (χ1v) is 13.1. The Labute approximate surface area is 224 Å². The molecule has 5 aromatic rings. The van der Waals surface area contributed by atoms with Gasteiger partial charge in [0.05, 0.1) is 27.4 Å². The number of benzene rings is 4. The fourth-order valence-electron chi connectivity index (χ4n) is 4.28. The van der Waals surface area contributed by atoms with Crippen molar-refractivity contribution >= 4 is 56.6 Å². The fraction of sp³-hybridized carbons (Fsp3) is 0.172. The monoisotopic (exact) mass is 590 g/mol. The number of para-hydroxylation sites is 2. The summed E-state index contributed by atoms with van der Waals surface area (Å²) in [5.41, 5.74) is 7.17. The Hall–Kier alpha value is -3.59. The number of hydrogen-bond donors (Lipinski definition) is 1. The molecule has 0 bridgehead atoms. The first kappa shape index (κ1) is 24.1. The molecule has 0 amide bonds. The van der Waals surface area contributed by atoms with Crippen LogP contribution in [-0.2, 0) is 13.2 Å². The van der Waals surface area contributed by atoms with Crippen LogP contribution < -0.4 is 14.9 Å². The summed E-state index contributed by atoms with van der Waals surface area (Å²) in [6.45, 7) is 5.86. The average molecular weight is 590 g/mol. The molecule has 4 aromatic carbocycles. The standard InChI is InChI=1S/C29H27IN4O2/c1-3-34-26-15-8-7-14-25(26)32-29(34)33-31-18-20-16-24(30)28(27(17-20)35-4-2)36-19-22-12-9-11-21-10-5-6-13-23(21)22/h5-18H,3-4,19H2,1-2H3,(H,32,33)/b31-18-. The van der Waals surface area contributed by atoms with Gasteiger partial charge in [-0.05, 0) is 82.6 Å². The quantitative estimate of drug-likeness (QED) is 0.112. The maximum atomic E-state index is 6.30. The van der Waals surface area contributed by atoms with Gasteiger partial charge in [-0.2, -0.15) is 5.10 Å². The predicted octanol–water partition coefficient (Wildman–Crippen LogP) is 7.24. The molecule has 0 aliphatic rings. The molecule has 0 saturated heterocycles. The van der Waals surface area contributed by atoms with Crippen molar-refractivity contribution in [3.05, 3.63) is 93.6 Å². The Morgan fingerprint density at radius 2 is 1.78 bits per heavy atom. The first-order chi connectivity index (χ1) is 17.7. The van der Waals surface area contributed by atoms with E-state index in [0.717, 1.165) is 38.0 Å². The molecule has 1 heterocycles. The Bertz CT molecular complexity index is 1540. The van der Waals surface area contributed by atoms with Crippen LogP contribution in [0.2, 0.25) is 0 Å². The molecule has 7 heteroatoms. The molecule has 0 spiro atoms. The lowest BCUT2D eigenvalue weighted by Gasteiger charge is -2.15. The van der Waals surface area contributed by atoms with Crippen LogP contribution >= 0.6 is 22.6 Å². The molecular weight excluding hydrogens is 563 g/mol. The predicted molar refractivity (Wildman–Crippen MR) is 155 cm³/mol. The minimum atomic E-state index is 0.458. The summed E-state index contributed by atoms with van der Waals surface area (Å²) in [6.07, 6.45) is 1.78. The highest BCUT2D eigenvalue weighted by molar-refractivity contribution is 14.1. The Balaban J connectivity index is 1.36. The fourth-order valence-corrected chi connectivity index (χ4v) is 5.06. The van der Waals surface area contributed by atoms with Gasteiger partial charge in [-0.15, -0.1) is 0 Å². The van der Waals surface area contributed by atoms with Crippen LogP contribution in [0.15, 0.2) is 84.0 Å². The number of nitrogens with one attached hydrogen (secondary N) is 1. The van der Waals surface area contributed by atoms with E-state index in [-0.39, 0.29) is 0 Å². The number of aromatic nitrogens is 2. The largest absolute Gasteiger partial charge is 0.490 e. The summed E-state index contributed by atoms with van der Waals surface area (Å²) in [5.74, 6) is 2.15. The summed E-state index contributed by atoms with van der Waals surface area (Å²) in [6, 6.07) is 26.7. The number of nitrogens with zero attached hydrogens (tertiary/aromatic N) is 3. The molecule has 0 atom stereocenters. The van der Waals surface area contributed by atoms with Gasteiger partial charge in [0.1, 0.15) is 6.61 Å². The average Bonchev–Trinajstić information content (AvgIpc) is 3.26. The van der Waals surface area contributed by atoms with Crippen LogP contribution in [0.25, 0.3) is 21.8 Å². The number of fused-ring (bicyclic) bond motifs is 2. The second kappa shape index (κ2) is 11.0. The summed E-state index contributed by atoms with van der Waals surface area (Å²) in [4.78, 5) is 4.66. The van der Waals surface area contributed by atoms with E-state index in [2.05, 4.69) is 98.1 Å². The van der Waals surface area contributed by atoms with Gasteiger partial charge in [0, 0.05) is 6.54 Å². The third-order valence-electron chi connectivity index (χ3n) is 5.93. The van der Waals surface area contributed by atoms with E-state index < -0.39 is 0 Å². The van der Waals surface area contributed by atoms with E-state index in [0.29, 0.717) is 24.9 Å². The molecule has 0 unspecified atom stereocenters. The van der Waals surface area contributed by atoms with Crippen molar-refractivity contribution in [2.45, 2.75) is 27.0 Å². The molecule has 36 heavy (non-hydrogen) atoms. The summed E-state index contributed by atoms with van der Waals surface area (Å²) >= 11 is 2.29. The minimum Gasteiger partial charge on any atom is -0.490 e. The second-order valence-electron chi connectivity index (χ2n) is 8.23. The number of rotatable bonds is 9. The van der Waals surface area contributed by atoms with Crippen molar-refractivity contribution in [3.8, 4) is 11.5 Å². The highest BCUT2D eigenvalue weighted by Gasteiger charge is 2.13. The molecule has 0 aliphatic carbocycles. The zero-order valence-electron chi connectivity index (χ0n) is 20.2. The molecule has 5 rings (SSSR count). The van der Waals surface area contributed by atoms with Crippen molar-refractivity contribution in [2.24, 2.45) is 5.10 Å². The minimum absolute atomic E-state index is 0.458. The third kappa shape index (κ3) is 5.02. The van der Waals surface area contributed by atoms with Crippen molar-refractivity contribution in [3.63, 3.8) is 0 Å². The van der Waals surface area contributed by atoms with Crippen molar-refractivity contribution in [1.29, 1.82) is 0 Å². The number of imidazole rings is 1. The lowest BCUT2D eigenvalue weighted by Crippen LogP contribution is -2.04. The van der Waals surface area contributed by atoms with Gasteiger partial charge in [0.25, 0.3) is 0 Å². The normalized spacial score (nSPS) is 11.4. The number of hydrazone groups is 1. The van der Waals surface area contributed by atoms with E-state index in [1.54, 1.807) is 6.21 Å². The van der Waals surface area contributed by atoms with Crippen LogP contribution in [0.4, 0.5) is 5.95 Å². The van der Waals surface area contributed by atoms with Crippen LogP contribution in [-0.4, -0.2) is 22.4 Å². The second-order valence-corrected chi connectivity index (χ2v) is 9.39. The summed E-state index contributed by atoms with van der Waals surface area (Å²) in [5, 5.41) is 6.86. The highest BCUT2D eigenvalue weighted by Crippen LogP contribution is 2.35. The Kier molecular flexibility index (Phi) is 7.36. The van der Waals surface area contributed by atoms with E-state index in [1.165, 1.54) is 10.8 Å². The maximum Gasteiger partial charge on any atom is 0.224 e. The van der Waals surface area contributed by atoms with Gasteiger partial charge in [0.2, 0.25) is 5.95 Å². The molecule has 1 N–H and O–H groups in total. The van der Waals surface area contributed by atoms with Crippen LogP contribution in [0, 0.1) is 3.57 Å². The van der Waals surface area contributed by atoms with Crippen molar-refractivity contribution < 1.29 is 9.47 Å². The van der Waals surface area contributed by atoms with E-state index in [4.69, 9.17) is 9.47 Å². The molecule has 0 aliphatic heterocycles. The zero-order chi connectivity index (χ0) is 24.9. The van der Waals surface area contributed by atoms with Crippen molar-refractivity contribution in [1.82, 2.24) is 9.55 Å². The summed E-state index contributed by atoms with van der Waals surface area (Å²) in [7, 11) is 0. The van der Waals surface area contributed by atoms with E-state index >= 15 is 0 Å². The SMILES string of the molecule is CCOc1cc(/C=N\Nc2nc3ccccc3n2CC)cc(I)c1OCc1cccc2ccccc12. The molecular formula is C29H27IN4O2. The lowest BCUT2D eigenvalue weighted by molar-refractivity contribution is 0.268. The van der Waals surface area contributed by atoms with Gasteiger partial charge in [-0.1, -0.05) is 54.6 Å². The first-order valence-electron chi connectivity index (χ1n) is 12.0. The molecule has 182 valence electrons. The van der Waals surface area contributed by atoms with Gasteiger partial charge >= 0.3 is 0 Å². The molecule has 0 saturated carbocycles. The molecule has 6 nitrogen and oxygen atoms in total. The Morgan fingerprint density at radius 1 is 0.972 bits per heavy atom. The number of anilines is 1. The lowest BCUT2D eigenvalue weighted by atomic mass is 10.1. The van der Waals surface area contributed by atoms with Gasteiger partial charge < -0.3 is 14.0 Å². The third-order valence-corrected chi connectivity index (χ3v) is 6.73. The van der Waals surface area contributed by atoms with Gasteiger partial charge in [0.15, 0.2) is 11.5 Å². The smallest absolute Gasteiger partial charge is 0.224 e. The highest BCUT2D eigenvalue weighted by atomic mass is 127. The zero-order valence-corrected chi connectivity index (χ0v) is 22.4. The van der Waals surface area contributed by atoms with Gasteiger partial charge in [-0.25, -0.2) is 10.4 Å². The maximum absolute atomic E-state index is 6.30. The molecule has 1 aromatic heterocycles. The number of hydrogen-bond acceptors (Lipinski definition) is 5. The van der Waals surface area contributed by atoms with E-state index in [9.17, 15) is 0 Å².